The molecule has 2 heterocycles. The predicted molar refractivity (Wildman–Crippen MR) is 91.4 cm³/mol. The highest BCUT2D eigenvalue weighted by Gasteiger charge is 2.46. The molecule has 2 unspecified atom stereocenters. The Balaban J connectivity index is 1.54. The van der Waals surface area contributed by atoms with Crippen LogP contribution in [0.1, 0.15) is 22.8 Å². The van der Waals surface area contributed by atoms with E-state index in [1.54, 1.807) is 23.7 Å². The number of carbonyl (C=O) groups excluding carboxylic acids is 1. The van der Waals surface area contributed by atoms with E-state index in [9.17, 15) is 4.79 Å². The Kier molecular flexibility index (Phi) is 3.71. The fraction of sp³-hybridized carbons (Fsp3) is 0.222. The van der Waals surface area contributed by atoms with Crippen molar-refractivity contribution in [1.82, 2.24) is 10.2 Å². The van der Waals surface area contributed by atoms with E-state index in [0.29, 0.717) is 12.5 Å². The van der Waals surface area contributed by atoms with Crippen molar-refractivity contribution >= 4 is 22.9 Å². The van der Waals surface area contributed by atoms with Crippen LogP contribution in [0.25, 0.3) is 0 Å². The number of rotatable bonds is 5. The molecule has 1 N–H and O–H groups in total. The number of H-pyrrole nitrogens is 1. The van der Waals surface area contributed by atoms with Gasteiger partial charge in [-0.1, -0.05) is 36.4 Å². The van der Waals surface area contributed by atoms with Crippen molar-refractivity contribution in [2.75, 3.05) is 4.90 Å². The van der Waals surface area contributed by atoms with Gasteiger partial charge in [-0.15, -0.1) is 11.3 Å². The molecule has 2 atom stereocenters. The Morgan fingerprint density at radius 3 is 2.83 bits per heavy atom. The molecule has 0 bridgehead atoms. The van der Waals surface area contributed by atoms with Crippen LogP contribution in [0.5, 0.6) is 0 Å². The third kappa shape index (κ3) is 2.92. The Hall–Kier alpha value is -2.40. The molecule has 23 heavy (non-hydrogen) atoms. The standard InChI is InChI=1S/C18H17N3OS/c22-18(17-9-16(17)13-5-2-1-3-6-13)21(14-10-19-20-11-14)12-15-7-4-8-23-15/h1-8,10-11,16-17H,9,12H2,(H,19,20). The van der Waals surface area contributed by atoms with Crippen LogP contribution >= 0.6 is 11.3 Å². The normalized spacial score (nSPS) is 19.5. The summed E-state index contributed by atoms with van der Waals surface area (Å²) in [6.45, 7) is 0.605. The summed E-state index contributed by atoms with van der Waals surface area (Å²) in [7, 11) is 0. The topological polar surface area (TPSA) is 49.0 Å². The van der Waals surface area contributed by atoms with E-state index < -0.39 is 0 Å². The lowest BCUT2D eigenvalue weighted by atomic mass is 10.1. The van der Waals surface area contributed by atoms with Crippen LogP contribution in [0.2, 0.25) is 0 Å². The van der Waals surface area contributed by atoms with Gasteiger partial charge in [0.15, 0.2) is 0 Å². The number of thiophene rings is 1. The van der Waals surface area contributed by atoms with Crippen LogP contribution in [0.4, 0.5) is 5.69 Å². The van der Waals surface area contributed by atoms with E-state index in [2.05, 4.69) is 28.4 Å². The lowest BCUT2D eigenvalue weighted by Gasteiger charge is -2.20. The molecule has 0 aliphatic heterocycles. The molecule has 0 saturated heterocycles. The number of anilines is 1. The van der Waals surface area contributed by atoms with Gasteiger partial charge < -0.3 is 4.90 Å². The van der Waals surface area contributed by atoms with E-state index in [-0.39, 0.29) is 11.8 Å². The summed E-state index contributed by atoms with van der Waals surface area (Å²) in [4.78, 5) is 16.0. The lowest BCUT2D eigenvalue weighted by molar-refractivity contribution is -0.120. The number of amides is 1. The number of carbonyl (C=O) groups is 1. The molecule has 5 heteroatoms. The largest absolute Gasteiger partial charge is 0.304 e. The zero-order valence-electron chi connectivity index (χ0n) is 12.6. The van der Waals surface area contributed by atoms with Gasteiger partial charge in [0.05, 0.1) is 18.4 Å². The number of nitrogens with one attached hydrogen (secondary N) is 1. The van der Waals surface area contributed by atoms with Crippen LogP contribution < -0.4 is 4.90 Å². The summed E-state index contributed by atoms with van der Waals surface area (Å²) >= 11 is 1.67. The van der Waals surface area contributed by atoms with Crippen molar-refractivity contribution in [3.8, 4) is 0 Å². The number of benzene rings is 1. The number of hydrogen-bond acceptors (Lipinski definition) is 3. The quantitative estimate of drug-likeness (QED) is 0.776. The molecule has 3 aromatic rings. The van der Waals surface area contributed by atoms with Gasteiger partial charge in [0.1, 0.15) is 0 Å². The van der Waals surface area contributed by atoms with E-state index in [1.165, 1.54) is 10.4 Å². The number of aromatic amines is 1. The molecular formula is C18H17N3OS. The Bertz CT molecular complexity index is 768. The van der Waals surface area contributed by atoms with Crippen molar-refractivity contribution < 1.29 is 4.79 Å². The Morgan fingerprint density at radius 2 is 2.13 bits per heavy atom. The predicted octanol–water partition coefficient (Wildman–Crippen LogP) is 3.81. The summed E-state index contributed by atoms with van der Waals surface area (Å²) in [5, 5.41) is 8.84. The molecule has 4 rings (SSSR count). The first-order valence-corrected chi connectivity index (χ1v) is 8.58. The number of nitrogens with zero attached hydrogens (tertiary/aromatic N) is 2. The summed E-state index contributed by atoms with van der Waals surface area (Å²) in [5.74, 6) is 0.613. The van der Waals surface area contributed by atoms with E-state index in [4.69, 9.17) is 0 Å². The minimum absolute atomic E-state index is 0.0762. The number of aromatic nitrogens is 2. The van der Waals surface area contributed by atoms with Gasteiger partial charge in [-0.25, -0.2) is 0 Å². The Morgan fingerprint density at radius 1 is 1.26 bits per heavy atom. The molecule has 2 aromatic heterocycles. The van der Waals surface area contributed by atoms with Crippen LogP contribution in [0, 0.1) is 5.92 Å². The van der Waals surface area contributed by atoms with Gasteiger partial charge in [-0.3, -0.25) is 9.89 Å². The van der Waals surface area contributed by atoms with E-state index >= 15 is 0 Å². The number of hydrogen-bond donors (Lipinski definition) is 1. The molecule has 0 spiro atoms. The highest BCUT2D eigenvalue weighted by molar-refractivity contribution is 7.09. The first-order valence-electron chi connectivity index (χ1n) is 7.70. The van der Waals surface area contributed by atoms with Gasteiger partial charge in [0.2, 0.25) is 5.91 Å². The van der Waals surface area contributed by atoms with Crippen molar-refractivity contribution in [2.45, 2.75) is 18.9 Å². The maximum absolute atomic E-state index is 13.0. The Labute approximate surface area is 138 Å². The fourth-order valence-electron chi connectivity index (χ4n) is 2.98. The molecule has 1 aliphatic carbocycles. The van der Waals surface area contributed by atoms with Gasteiger partial charge in [0.25, 0.3) is 0 Å². The lowest BCUT2D eigenvalue weighted by Crippen LogP contribution is -2.31. The summed E-state index contributed by atoms with van der Waals surface area (Å²) in [6.07, 6.45) is 4.43. The SMILES string of the molecule is O=C(C1CC1c1ccccc1)N(Cc1cccs1)c1cn[nH]c1. The van der Waals surface area contributed by atoms with Crippen molar-refractivity contribution in [2.24, 2.45) is 5.92 Å². The van der Waals surface area contributed by atoms with Crippen molar-refractivity contribution in [3.05, 3.63) is 70.7 Å². The van der Waals surface area contributed by atoms with Gasteiger partial charge >= 0.3 is 0 Å². The maximum Gasteiger partial charge on any atom is 0.231 e. The third-order valence-electron chi connectivity index (χ3n) is 4.29. The molecule has 1 fully saturated rings. The van der Waals surface area contributed by atoms with Crippen LogP contribution in [-0.4, -0.2) is 16.1 Å². The molecule has 1 saturated carbocycles. The van der Waals surface area contributed by atoms with Crippen molar-refractivity contribution in [1.29, 1.82) is 0 Å². The van der Waals surface area contributed by atoms with Crippen LogP contribution in [0.3, 0.4) is 0 Å². The molecule has 1 aromatic carbocycles. The zero-order valence-corrected chi connectivity index (χ0v) is 13.4. The molecule has 0 radical (unpaired) electrons. The van der Waals surface area contributed by atoms with Gasteiger partial charge in [-0.05, 0) is 29.3 Å². The van der Waals surface area contributed by atoms with Crippen LogP contribution in [0.15, 0.2) is 60.2 Å². The second-order valence-electron chi connectivity index (χ2n) is 5.82. The minimum Gasteiger partial charge on any atom is -0.304 e. The fourth-order valence-corrected chi connectivity index (χ4v) is 3.68. The van der Waals surface area contributed by atoms with Gasteiger partial charge in [-0.2, -0.15) is 5.10 Å². The highest BCUT2D eigenvalue weighted by atomic mass is 32.1. The highest BCUT2D eigenvalue weighted by Crippen LogP contribution is 2.49. The first kappa shape index (κ1) is 14.2. The second-order valence-corrected chi connectivity index (χ2v) is 6.85. The average molecular weight is 323 g/mol. The summed E-state index contributed by atoms with van der Waals surface area (Å²) in [6, 6.07) is 14.4. The monoisotopic (exact) mass is 323 g/mol. The summed E-state index contributed by atoms with van der Waals surface area (Å²) < 4.78 is 0. The minimum atomic E-state index is 0.0762. The first-order chi connectivity index (χ1) is 11.3. The summed E-state index contributed by atoms with van der Waals surface area (Å²) in [5.41, 5.74) is 2.09. The third-order valence-corrected chi connectivity index (χ3v) is 5.15. The average Bonchev–Trinajstić information content (AvgIpc) is 2.98. The zero-order chi connectivity index (χ0) is 15.6. The molecule has 1 amide bonds. The van der Waals surface area contributed by atoms with Crippen molar-refractivity contribution in [3.63, 3.8) is 0 Å². The second kappa shape index (κ2) is 6.01. The van der Waals surface area contributed by atoms with Gasteiger partial charge in [0, 0.05) is 17.0 Å². The van der Waals surface area contributed by atoms with E-state index in [1.807, 2.05) is 34.5 Å². The smallest absolute Gasteiger partial charge is 0.231 e. The maximum atomic E-state index is 13.0. The molecule has 4 nitrogen and oxygen atoms in total. The molecule has 116 valence electrons. The van der Waals surface area contributed by atoms with Crippen LogP contribution in [-0.2, 0) is 11.3 Å². The molecular weight excluding hydrogens is 306 g/mol. The molecule has 1 aliphatic rings. The van der Waals surface area contributed by atoms with E-state index in [0.717, 1.165) is 12.1 Å².